The molecule has 2 bridgehead atoms. The predicted molar refractivity (Wildman–Crippen MR) is 119 cm³/mol. The van der Waals surface area contributed by atoms with E-state index in [0.29, 0.717) is 17.7 Å². The van der Waals surface area contributed by atoms with Crippen molar-refractivity contribution in [1.82, 2.24) is 0 Å². The van der Waals surface area contributed by atoms with Crippen molar-refractivity contribution in [3.8, 4) is 0 Å². The highest BCUT2D eigenvalue weighted by Gasteiger charge is 2.51. The molecule has 168 valence electrons. The van der Waals surface area contributed by atoms with E-state index in [4.69, 9.17) is 30.5 Å². The zero-order valence-electron chi connectivity index (χ0n) is 19.0. The standard InChI is InChI=1S/C24H41ClO4/c1-18-8-6-9-19(2)11-12-21-20(15-25)14-24(3,13-7-10-18)23(29-17-27-5)22(21)28-16-26-4/h9-10,20-23H,6-8,11-17H2,1-5H3/b18-10-,19-9-/t20-,21-,22-,23-,24-/m1/s1. The van der Waals surface area contributed by atoms with E-state index in [9.17, 15) is 0 Å². The molecule has 0 aromatic rings. The second kappa shape index (κ2) is 12.5. The lowest BCUT2D eigenvalue weighted by Crippen LogP contribution is -2.56. The van der Waals surface area contributed by atoms with Gasteiger partial charge < -0.3 is 18.9 Å². The number of alkyl halides is 1. The second-order valence-electron chi connectivity index (χ2n) is 9.18. The fraction of sp³-hybridized carbons (Fsp3) is 0.833. The topological polar surface area (TPSA) is 36.9 Å². The number of hydrogen-bond donors (Lipinski definition) is 0. The van der Waals surface area contributed by atoms with E-state index in [-0.39, 0.29) is 31.2 Å². The summed E-state index contributed by atoms with van der Waals surface area (Å²) >= 11 is 6.52. The van der Waals surface area contributed by atoms with E-state index < -0.39 is 0 Å². The predicted octanol–water partition coefficient (Wildman–Crippen LogP) is 6.09. The average Bonchev–Trinajstić information content (AvgIpc) is 2.69. The van der Waals surface area contributed by atoms with Crippen LogP contribution in [0, 0.1) is 17.3 Å². The largest absolute Gasteiger partial charge is 0.359 e. The molecule has 29 heavy (non-hydrogen) atoms. The van der Waals surface area contributed by atoms with Gasteiger partial charge in [0.05, 0.1) is 12.2 Å². The van der Waals surface area contributed by atoms with Gasteiger partial charge in [0.2, 0.25) is 0 Å². The highest BCUT2D eigenvalue weighted by atomic mass is 35.5. The summed E-state index contributed by atoms with van der Waals surface area (Å²) in [4.78, 5) is 0. The van der Waals surface area contributed by atoms with E-state index >= 15 is 0 Å². The molecule has 0 radical (unpaired) electrons. The van der Waals surface area contributed by atoms with Crippen LogP contribution in [-0.2, 0) is 18.9 Å². The lowest BCUT2D eigenvalue weighted by atomic mass is 9.60. The van der Waals surface area contributed by atoms with Gasteiger partial charge in [0.25, 0.3) is 0 Å². The van der Waals surface area contributed by atoms with Crippen molar-refractivity contribution in [3.63, 3.8) is 0 Å². The molecule has 4 nitrogen and oxygen atoms in total. The maximum Gasteiger partial charge on any atom is 0.146 e. The summed E-state index contributed by atoms with van der Waals surface area (Å²) in [6.07, 6.45) is 12.3. The van der Waals surface area contributed by atoms with E-state index in [1.54, 1.807) is 14.2 Å². The van der Waals surface area contributed by atoms with Crippen molar-refractivity contribution >= 4 is 11.6 Å². The number of rotatable bonds is 7. The van der Waals surface area contributed by atoms with Gasteiger partial charge in [0, 0.05) is 20.1 Å². The molecule has 0 spiro atoms. The van der Waals surface area contributed by atoms with Crippen LogP contribution >= 0.6 is 11.6 Å². The van der Waals surface area contributed by atoms with Crippen molar-refractivity contribution in [2.24, 2.45) is 17.3 Å². The molecule has 1 fully saturated rings. The van der Waals surface area contributed by atoms with Crippen LogP contribution in [-0.4, -0.2) is 45.9 Å². The zero-order valence-corrected chi connectivity index (χ0v) is 19.8. The molecule has 5 atom stereocenters. The van der Waals surface area contributed by atoms with Crippen LogP contribution in [0.3, 0.4) is 0 Å². The molecule has 3 rings (SSSR count). The molecule has 0 unspecified atom stereocenters. The third kappa shape index (κ3) is 7.07. The summed E-state index contributed by atoms with van der Waals surface area (Å²) in [5.41, 5.74) is 2.91. The van der Waals surface area contributed by atoms with Crippen molar-refractivity contribution in [2.45, 2.75) is 77.9 Å². The summed E-state index contributed by atoms with van der Waals surface area (Å²) in [5, 5.41) is 0. The van der Waals surface area contributed by atoms with Gasteiger partial charge in [0.1, 0.15) is 13.6 Å². The fourth-order valence-corrected chi connectivity index (χ4v) is 5.50. The van der Waals surface area contributed by atoms with Crippen LogP contribution in [0.25, 0.3) is 0 Å². The molecular formula is C24H41ClO4. The first-order chi connectivity index (χ1) is 13.9. The summed E-state index contributed by atoms with van der Waals surface area (Å²) in [5.74, 6) is 1.41. The normalized spacial score (nSPS) is 38.0. The number of halogens is 1. The summed E-state index contributed by atoms with van der Waals surface area (Å²) < 4.78 is 23.2. The first-order valence-electron chi connectivity index (χ1n) is 11.0. The summed E-state index contributed by atoms with van der Waals surface area (Å²) in [6, 6.07) is 0. The van der Waals surface area contributed by atoms with E-state index in [1.165, 1.54) is 11.1 Å². The van der Waals surface area contributed by atoms with Crippen LogP contribution in [0.5, 0.6) is 0 Å². The first-order valence-corrected chi connectivity index (χ1v) is 11.6. The minimum Gasteiger partial charge on any atom is -0.359 e. The fourth-order valence-electron chi connectivity index (χ4n) is 5.16. The van der Waals surface area contributed by atoms with Gasteiger partial charge in [-0.15, -0.1) is 11.6 Å². The van der Waals surface area contributed by atoms with Crippen molar-refractivity contribution in [3.05, 3.63) is 23.3 Å². The maximum atomic E-state index is 6.52. The number of allylic oxidation sites excluding steroid dienone is 4. The zero-order chi connectivity index (χ0) is 21.3. The molecule has 0 aliphatic heterocycles. The molecule has 0 heterocycles. The van der Waals surface area contributed by atoms with Gasteiger partial charge in [-0.2, -0.15) is 0 Å². The monoisotopic (exact) mass is 428 g/mol. The molecule has 0 saturated heterocycles. The number of hydrogen-bond acceptors (Lipinski definition) is 4. The Hall–Kier alpha value is -0.390. The number of ether oxygens (including phenoxy) is 4. The summed E-state index contributed by atoms with van der Waals surface area (Å²) in [7, 11) is 3.35. The third-order valence-corrected chi connectivity index (χ3v) is 7.19. The highest BCUT2D eigenvalue weighted by Crippen LogP contribution is 2.50. The molecule has 3 aliphatic rings. The van der Waals surface area contributed by atoms with Crippen molar-refractivity contribution in [2.75, 3.05) is 33.7 Å². The number of methoxy groups -OCH3 is 2. The van der Waals surface area contributed by atoms with E-state index in [2.05, 4.69) is 32.9 Å². The Bertz CT molecular complexity index is 547. The molecule has 0 amide bonds. The number of fused-ring (bicyclic) bond motifs is 9. The average molecular weight is 429 g/mol. The van der Waals surface area contributed by atoms with Crippen molar-refractivity contribution in [1.29, 1.82) is 0 Å². The Morgan fingerprint density at radius 2 is 1.66 bits per heavy atom. The first kappa shape index (κ1) is 24.9. The molecule has 0 N–H and O–H groups in total. The van der Waals surface area contributed by atoms with Gasteiger partial charge in [-0.3, -0.25) is 0 Å². The van der Waals surface area contributed by atoms with Crippen LogP contribution < -0.4 is 0 Å². The van der Waals surface area contributed by atoms with E-state index in [1.807, 2.05) is 0 Å². The van der Waals surface area contributed by atoms with E-state index in [0.717, 1.165) is 44.9 Å². The SMILES string of the molecule is COCO[C@@H]1[C@@H]2CC/C(C)=C\CC/C(C)=C\CC[C@](C)(C[C@@H]2CCl)[C@@H]1OCOC. The van der Waals surface area contributed by atoms with Crippen LogP contribution in [0.1, 0.15) is 65.7 Å². The Balaban J connectivity index is 2.40. The molecular weight excluding hydrogens is 388 g/mol. The minimum atomic E-state index is -0.0478. The Kier molecular flexibility index (Phi) is 10.7. The molecule has 3 aliphatic carbocycles. The molecule has 0 aromatic carbocycles. The van der Waals surface area contributed by atoms with Crippen molar-refractivity contribution < 1.29 is 18.9 Å². The Labute approximate surface area is 182 Å². The smallest absolute Gasteiger partial charge is 0.146 e. The second-order valence-corrected chi connectivity index (χ2v) is 9.49. The van der Waals surface area contributed by atoms with Crippen LogP contribution in [0.15, 0.2) is 23.3 Å². The molecule has 1 saturated carbocycles. The van der Waals surface area contributed by atoms with Gasteiger partial charge in [-0.25, -0.2) is 0 Å². The van der Waals surface area contributed by atoms with Gasteiger partial charge in [0.15, 0.2) is 0 Å². The summed E-state index contributed by atoms with van der Waals surface area (Å²) in [6.45, 7) is 7.38. The van der Waals surface area contributed by atoms with Crippen LogP contribution in [0.2, 0.25) is 0 Å². The molecule has 0 aromatic heterocycles. The minimum absolute atomic E-state index is 0.0151. The highest BCUT2D eigenvalue weighted by molar-refractivity contribution is 6.18. The maximum absolute atomic E-state index is 6.52. The van der Waals surface area contributed by atoms with Gasteiger partial charge in [-0.1, -0.05) is 30.2 Å². The molecule has 5 heteroatoms. The van der Waals surface area contributed by atoms with Crippen LogP contribution in [0.4, 0.5) is 0 Å². The lowest BCUT2D eigenvalue weighted by Gasteiger charge is -2.52. The Morgan fingerprint density at radius 1 is 1.00 bits per heavy atom. The lowest BCUT2D eigenvalue weighted by molar-refractivity contribution is -0.231. The Morgan fingerprint density at radius 3 is 2.34 bits per heavy atom. The quantitative estimate of drug-likeness (QED) is 0.279. The van der Waals surface area contributed by atoms with Gasteiger partial charge >= 0.3 is 0 Å². The third-order valence-electron chi connectivity index (χ3n) is 6.79. The van der Waals surface area contributed by atoms with Gasteiger partial charge in [-0.05, 0) is 76.0 Å².